The molecule has 0 spiro atoms. The summed E-state index contributed by atoms with van der Waals surface area (Å²) in [6, 6.07) is 11.7. The van der Waals surface area contributed by atoms with E-state index in [1.165, 1.54) is 6.07 Å². The molecular formula is C16H14BrClN2O4S. The van der Waals surface area contributed by atoms with Gasteiger partial charge in [0.05, 0.1) is 18.5 Å². The van der Waals surface area contributed by atoms with Crippen molar-refractivity contribution < 1.29 is 17.9 Å². The Labute approximate surface area is 158 Å². The summed E-state index contributed by atoms with van der Waals surface area (Å²) in [5.74, 6) is -0.150. The van der Waals surface area contributed by atoms with Crippen molar-refractivity contribution >= 4 is 54.8 Å². The molecular weight excluding hydrogens is 432 g/mol. The van der Waals surface area contributed by atoms with Gasteiger partial charge in [0.1, 0.15) is 5.75 Å². The van der Waals surface area contributed by atoms with Gasteiger partial charge in [-0.15, -0.1) is 0 Å². The average Bonchev–Trinajstić information content (AvgIpc) is 2.52. The van der Waals surface area contributed by atoms with Crippen LogP contribution in [0.3, 0.4) is 0 Å². The summed E-state index contributed by atoms with van der Waals surface area (Å²) >= 11 is 9.28. The number of carbonyl (C=O) groups excluding carboxylic acids is 1. The van der Waals surface area contributed by atoms with E-state index in [4.69, 9.17) is 16.3 Å². The van der Waals surface area contributed by atoms with Crippen molar-refractivity contribution in [2.75, 3.05) is 22.4 Å². The molecule has 0 aliphatic carbocycles. The topological polar surface area (TPSA) is 75.7 Å². The molecule has 1 aliphatic rings. The molecule has 2 aromatic rings. The molecule has 9 heteroatoms. The first-order valence-electron chi connectivity index (χ1n) is 7.24. The summed E-state index contributed by atoms with van der Waals surface area (Å²) < 4.78 is 31.9. The van der Waals surface area contributed by atoms with Gasteiger partial charge in [0.2, 0.25) is 10.0 Å². The minimum absolute atomic E-state index is 0.133. The number of sulfonamides is 1. The molecule has 132 valence electrons. The van der Waals surface area contributed by atoms with Crippen molar-refractivity contribution in [1.82, 2.24) is 0 Å². The highest BCUT2D eigenvalue weighted by atomic mass is 79.9. The van der Waals surface area contributed by atoms with Gasteiger partial charge in [0.25, 0.3) is 5.91 Å². The lowest BCUT2D eigenvalue weighted by Gasteiger charge is -2.34. The Morgan fingerprint density at radius 1 is 1.32 bits per heavy atom. The molecule has 1 atom stereocenters. The van der Waals surface area contributed by atoms with E-state index in [0.29, 0.717) is 16.4 Å². The highest BCUT2D eigenvalue weighted by Crippen LogP contribution is 2.37. The molecule has 0 bridgehead atoms. The van der Waals surface area contributed by atoms with E-state index in [0.717, 1.165) is 15.0 Å². The molecule has 1 unspecified atom stereocenters. The lowest BCUT2D eigenvalue weighted by atomic mass is 10.2. The number of amides is 1. The van der Waals surface area contributed by atoms with E-state index >= 15 is 0 Å². The van der Waals surface area contributed by atoms with Crippen molar-refractivity contribution in [3.63, 3.8) is 0 Å². The number of anilines is 2. The molecule has 6 nitrogen and oxygen atoms in total. The van der Waals surface area contributed by atoms with Crippen LogP contribution in [-0.4, -0.2) is 33.2 Å². The maximum Gasteiger partial charge on any atom is 0.267 e. The Morgan fingerprint density at radius 3 is 2.76 bits per heavy atom. The fraction of sp³-hybridized carbons (Fsp3) is 0.188. The van der Waals surface area contributed by atoms with Crippen molar-refractivity contribution in [1.29, 1.82) is 0 Å². The van der Waals surface area contributed by atoms with Gasteiger partial charge in [-0.25, -0.2) is 8.42 Å². The zero-order valence-electron chi connectivity index (χ0n) is 13.1. The van der Waals surface area contributed by atoms with Gasteiger partial charge in [0, 0.05) is 15.2 Å². The zero-order valence-corrected chi connectivity index (χ0v) is 16.2. The SMILES string of the molecule is CS(=O)(=O)N1CC(C(=O)Nc2cccc(Br)c2)Oc2ccc(Cl)cc21. The maximum absolute atomic E-state index is 12.5. The van der Waals surface area contributed by atoms with Gasteiger partial charge < -0.3 is 10.1 Å². The number of benzene rings is 2. The molecule has 25 heavy (non-hydrogen) atoms. The minimum atomic E-state index is -3.59. The lowest BCUT2D eigenvalue weighted by molar-refractivity contribution is -0.122. The number of ether oxygens (including phenoxy) is 1. The highest BCUT2D eigenvalue weighted by Gasteiger charge is 2.35. The monoisotopic (exact) mass is 444 g/mol. The largest absolute Gasteiger partial charge is 0.476 e. The van der Waals surface area contributed by atoms with Gasteiger partial charge in [-0.2, -0.15) is 0 Å². The van der Waals surface area contributed by atoms with Crippen LogP contribution >= 0.6 is 27.5 Å². The molecule has 1 amide bonds. The van der Waals surface area contributed by atoms with E-state index in [2.05, 4.69) is 21.2 Å². The number of halogens is 2. The third kappa shape index (κ3) is 4.08. The Kier molecular flexibility index (Phi) is 4.95. The zero-order chi connectivity index (χ0) is 18.2. The first-order chi connectivity index (χ1) is 11.7. The third-order valence-corrected chi connectivity index (χ3v) is 5.45. The lowest BCUT2D eigenvalue weighted by Crippen LogP contribution is -2.48. The smallest absolute Gasteiger partial charge is 0.267 e. The van der Waals surface area contributed by atoms with Crippen LogP contribution < -0.4 is 14.4 Å². The molecule has 0 fully saturated rings. The quantitative estimate of drug-likeness (QED) is 0.787. The second-order valence-corrected chi connectivity index (χ2v) is 8.77. The second kappa shape index (κ2) is 6.86. The first kappa shape index (κ1) is 18.0. The molecule has 1 aliphatic heterocycles. The standard InChI is InChI=1S/C16H14BrClN2O4S/c1-25(22,23)20-9-15(24-14-6-5-11(18)8-13(14)20)16(21)19-12-4-2-3-10(17)7-12/h2-8,15H,9H2,1H3,(H,19,21). The van der Waals surface area contributed by atoms with E-state index < -0.39 is 22.0 Å². The molecule has 0 saturated carbocycles. The summed E-state index contributed by atoms with van der Waals surface area (Å²) in [4.78, 5) is 12.5. The average molecular weight is 446 g/mol. The Balaban J connectivity index is 1.89. The summed E-state index contributed by atoms with van der Waals surface area (Å²) in [6.45, 7) is -0.133. The third-order valence-electron chi connectivity index (χ3n) is 3.58. The number of rotatable bonds is 3. The summed E-state index contributed by atoms with van der Waals surface area (Å²) in [5.41, 5.74) is 0.900. The molecule has 1 heterocycles. The Morgan fingerprint density at radius 2 is 2.08 bits per heavy atom. The predicted molar refractivity (Wildman–Crippen MR) is 101 cm³/mol. The van der Waals surface area contributed by atoms with Crippen LogP contribution in [0.4, 0.5) is 11.4 Å². The number of fused-ring (bicyclic) bond motifs is 1. The van der Waals surface area contributed by atoms with Crippen molar-refractivity contribution in [2.45, 2.75) is 6.10 Å². The van der Waals surface area contributed by atoms with Crippen LogP contribution in [-0.2, 0) is 14.8 Å². The van der Waals surface area contributed by atoms with Crippen LogP contribution in [0.15, 0.2) is 46.9 Å². The van der Waals surface area contributed by atoms with E-state index in [-0.39, 0.29) is 12.3 Å². The van der Waals surface area contributed by atoms with Crippen LogP contribution in [0.1, 0.15) is 0 Å². The number of carbonyl (C=O) groups is 1. The summed E-state index contributed by atoms with van der Waals surface area (Å²) in [7, 11) is -3.59. The molecule has 0 radical (unpaired) electrons. The van der Waals surface area contributed by atoms with E-state index in [1.807, 2.05) is 6.07 Å². The van der Waals surface area contributed by atoms with Crippen LogP contribution in [0.25, 0.3) is 0 Å². The van der Waals surface area contributed by atoms with Gasteiger partial charge in [-0.1, -0.05) is 33.6 Å². The highest BCUT2D eigenvalue weighted by molar-refractivity contribution is 9.10. The number of hydrogen-bond acceptors (Lipinski definition) is 4. The Hall–Kier alpha value is -1.77. The number of nitrogens with one attached hydrogen (secondary N) is 1. The summed E-state index contributed by atoms with van der Waals surface area (Å²) in [6.07, 6.45) is 0.0918. The minimum Gasteiger partial charge on any atom is -0.476 e. The van der Waals surface area contributed by atoms with E-state index in [1.54, 1.807) is 30.3 Å². The van der Waals surface area contributed by atoms with Gasteiger partial charge >= 0.3 is 0 Å². The molecule has 2 aromatic carbocycles. The molecule has 1 N–H and O–H groups in total. The van der Waals surface area contributed by atoms with Gasteiger partial charge in [-0.05, 0) is 36.4 Å². The van der Waals surface area contributed by atoms with E-state index in [9.17, 15) is 13.2 Å². The fourth-order valence-electron chi connectivity index (χ4n) is 2.46. The Bertz CT molecular complexity index is 935. The van der Waals surface area contributed by atoms with Crippen molar-refractivity contribution in [3.8, 4) is 5.75 Å². The second-order valence-electron chi connectivity index (χ2n) is 5.51. The van der Waals surface area contributed by atoms with Gasteiger partial charge in [-0.3, -0.25) is 9.10 Å². The molecule has 0 saturated heterocycles. The first-order valence-corrected chi connectivity index (χ1v) is 10.3. The van der Waals surface area contributed by atoms with Gasteiger partial charge in [0.15, 0.2) is 6.10 Å². The predicted octanol–water partition coefficient (Wildman–Crippen LogP) is 3.27. The van der Waals surface area contributed by atoms with Crippen molar-refractivity contribution in [3.05, 3.63) is 52.0 Å². The van der Waals surface area contributed by atoms with Crippen LogP contribution in [0.2, 0.25) is 5.02 Å². The fourth-order valence-corrected chi connectivity index (χ4v) is 3.94. The van der Waals surface area contributed by atoms with Crippen LogP contribution in [0.5, 0.6) is 5.75 Å². The molecule has 3 rings (SSSR count). The number of nitrogens with zero attached hydrogens (tertiary/aromatic N) is 1. The van der Waals surface area contributed by atoms with Crippen LogP contribution in [0, 0.1) is 0 Å². The number of hydrogen-bond donors (Lipinski definition) is 1. The maximum atomic E-state index is 12.5. The summed E-state index contributed by atoms with van der Waals surface area (Å²) in [5, 5.41) is 3.11. The van der Waals surface area contributed by atoms with Crippen molar-refractivity contribution in [2.24, 2.45) is 0 Å². The molecule has 0 aromatic heterocycles. The normalized spacial score (nSPS) is 16.8.